The van der Waals surface area contributed by atoms with Gasteiger partial charge >= 0.3 is 0 Å². The summed E-state index contributed by atoms with van der Waals surface area (Å²) in [6, 6.07) is 10.7. The highest BCUT2D eigenvalue weighted by atomic mass is 16.2. The van der Waals surface area contributed by atoms with E-state index in [1.807, 2.05) is 29.4 Å². The van der Waals surface area contributed by atoms with Crippen LogP contribution in [-0.4, -0.2) is 45.0 Å². The van der Waals surface area contributed by atoms with Crippen molar-refractivity contribution in [2.24, 2.45) is 11.3 Å². The SMILES string of the molecule is O=C(NCCCn1ccnc1)C1CC12CCN(Cc1ccc3ncccc3c1)CC2. The van der Waals surface area contributed by atoms with Gasteiger partial charge in [-0.15, -0.1) is 0 Å². The number of aryl methyl sites for hydroxylation is 1. The van der Waals surface area contributed by atoms with E-state index in [2.05, 4.69) is 44.5 Å². The van der Waals surface area contributed by atoms with Gasteiger partial charge in [0.25, 0.3) is 0 Å². The second kappa shape index (κ2) is 8.19. The molecule has 1 amide bonds. The van der Waals surface area contributed by atoms with E-state index in [1.54, 1.807) is 6.20 Å². The number of hydrogen-bond donors (Lipinski definition) is 1. The number of nitrogens with zero attached hydrogens (tertiary/aromatic N) is 4. The van der Waals surface area contributed by atoms with Gasteiger partial charge < -0.3 is 9.88 Å². The molecule has 156 valence electrons. The smallest absolute Gasteiger partial charge is 0.223 e. The summed E-state index contributed by atoms with van der Waals surface area (Å²) in [6.07, 6.45) is 11.7. The Kier molecular flexibility index (Phi) is 5.25. The fraction of sp³-hybridized carbons (Fsp3) is 0.458. The molecule has 2 aliphatic rings. The van der Waals surface area contributed by atoms with Crippen LogP contribution in [0.5, 0.6) is 0 Å². The first-order chi connectivity index (χ1) is 14.7. The molecule has 5 rings (SSSR count). The van der Waals surface area contributed by atoms with Gasteiger partial charge in [-0.1, -0.05) is 12.1 Å². The number of fused-ring (bicyclic) bond motifs is 1. The Morgan fingerprint density at radius 1 is 1.20 bits per heavy atom. The maximum Gasteiger partial charge on any atom is 0.223 e. The van der Waals surface area contributed by atoms with Crippen molar-refractivity contribution < 1.29 is 4.79 Å². The Hall–Kier alpha value is -2.73. The third-order valence-electron chi connectivity index (χ3n) is 6.88. The zero-order chi connectivity index (χ0) is 20.4. The first-order valence-electron chi connectivity index (χ1n) is 11.0. The van der Waals surface area contributed by atoms with Gasteiger partial charge in [-0.3, -0.25) is 14.7 Å². The minimum Gasteiger partial charge on any atom is -0.356 e. The highest BCUT2D eigenvalue weighted by Crippen LogP contribution is 2.59. The average Bonchev–Trinajstić information content (AvgIpc) is 3.21. The van der Waals surface area contributed by atoms with Crippen molar-refractivity contribution in [2.45, 2.75) is 38.8 Å². The third kappa shape index (κ3) is 4.10. The zero-order valence-electron chi connectivity index (χ0n) is 17.3. The number of nitrogens with one attached hydrogen (secondary N) is 1. The van der Waals surface area contributed by atoms with E-state index in [4.69, 9.17) is 0 Å². The molecule has 1 spiro atoms. The molecule has 0 bridgehead atoms. The van der Waals surface area contributed by atoms with Crippen LogP contribution in [0.25, 0.3) is 10.9 Å². The van der Waals surface area contributed by atoms with E-state index in [0.717, 1.165) is 63.9 Å². The molecule has 1 aliphatic heterocycles. The molecule has 1 N–H and O–H groups in total. The van der Waals surface area contributed by atoms with E-state index in [9.17, 15) is 4.79 Å². The van der Waals surface area contributed by atoms with Gasteiger partial charge in [-0.25, -0.2) is 4.98 Å². The Morgan fingerprint density at radius 2 is 2.10 bits per heavy atom. The van der Waals surface area contributed by atoms with Gasteiger partial charge in [-0.2, -0.15) is 0 Å². The Morgan fingerprint density at radius 3 is 2.93 bits per heavy atom. The van der Waals surface area contributed by atoms with Crippen molar-refractivity contribution in [1.29, 1.82) is 0 Å². The Balaban J connectivity index is 1.07. The topological polar surface area (TPSA) is 63.1 Å². The quantitative estimate of drug-likeness (QED) is 0.615. The molecule has 6 nitrogen and oxygen atoms in total. The van der Waals surface area contributed by atoms with Gasteiger partial charge in [0.05, 0.1) is 11.8 Å². The normalized spacial score (nSPS) is 20.5. The summed E-state index contributed by atoms with van der Waals surface area (Å²) in [7, 11) is 0. The van der Waals surface area contributed by atoms with Crippen LogP contribution in [0, 0.1) is 11.3 Å². The average molecular weight is 404 g/mol. The van der Waals surface area contributed by atoms with Crippen molar-refractivity contribution in [3.05, 3.63) is 60.8 Å². The highest BCUT2D eigenvalue weighted by molar-refractivity contribution is 5.82. The number of likely N-dealkylation sites (tertiary alicyclic amines) is 1. The Labute approximate surface area is 177 Å². The fourth-order valence-corrected chi connectivity index (χ4v) is 4.92. The van der Waals surface area contributed by atoms with E-state index < -0.39 is 0 Å². The predicted octanol–water partition coefficient (Wildman–Crippen LogP) is 3.24. The summed E-state index contributed by atoms with van der Waals surface area (Å²) in [5.41, 5.74) is 2.66. The summed E-state index contributed by atoms with van der Waals surface area (Å²) >= 11 is 0. The van der Waals surface area contributed by atoms with E-state index in [1.165, 1.54) is 10.9 Å². The van der Waals surface area contributed by atoms with Crippen molar-refractivity contribution in [3.63, 3.8) is 0 Å². The maximum atomic E-state index is 12.6. The number of benzene rings is 1. The molecule has 1 aliphatic carbocycles. The van der Waals surface area contributed by atoms with Gasteiger partial charge in [0, 0.05) is 49.5 Å². The maximum absolute atomic E-state index is 12.6. The Bertz CT molecular complexity index is 1010. The number of hydrogen-bond acceptors (Lipinski definition) is 4. The number of pyridine rings is 1. The summed E-state index contributed by atoms with van der Waals surface area (Å²) < 4.78 is 2.05. The summed E-state index contributed by atoms with van der Waals surface area (Å²) in [5, 5.41) is 4.36. The van der Waals surface area contributed by atoms with Crippen LogP contribution in [-0.2, 0) is 17.9 Å². The number of imidazole rings is 1. The van der Waals surface area contributed by atoms with E-state index in [0.29, 0.717) is 0 Å². The van der Waals surface area contributed by atoms with Gasteiger partial charge in [0.15, 0.2) is 0 Å². The molecule has 6 heteroatoms. The molecule has 2 aromatic heterocycles. The van der Waals surface area contributed by atoms with Gasteiger partial charge in [0.1, 0.15) is 0 Å². The summed E-state index contributed by atoms with van der Waals surface area (Å²) in [4.78, 5) is 23.6. The van der Waals surface area contributed by atoms with Crippen LogP contribution >= 0.6 is 0 Å². The molecule has 1 atom stereocenters. The molecule has 1 aromatic carbocycles. The van der Waals surface area contributed by atoms with Gasteiger partial charge in [-0.05, 0) is 68.0 Å². The second-order valence-corrected chi connectivity index (χ2v) is 8.87. The first kappa shape index (κ1) is 19.2. The molecule has 3 heterocycles. The molecule has 1 saturated carbocycles. The van der Waals surface area contributed by atoms with Crippen LogP contribution in [0.3, 0.4) is 0 Å². The van der Waals surface area contributed by atoms with E-state index in [-0.39, 0.29) is 17.2 Å². The highest BCUT2D eigenvalue weighted by Gasteiger charge is 2.58. The number of carbonyl (C=O) groups excluding carboxylic acids is 1. The summed E-state index contributed by atoms with van der Waals surface area (Å²) in [6.45, 7) is 4.78. The lowest BCUT2D eigenvalue weighted by molar-refractivity contribution is -0.123. The molecule has 30 heavy (non-hydrogen) atoms. The lowest BCUT2D eigenvalue weighted by Crippen LogP contribution is -2.37. The van der Waals surface area contributed by atoms with Gasteiger partial charge in [0.2, 0.25) is 5.91 Å². The standard InChI is InChI=1S/C24H29N5O/c30-23(27-9-2-11-29-14-10-25-18-29)21-16-24(21)6-12-28(13-7-24)17-19-4-5-22-20(15-19)3-1-8-26-22/h1,3-5,8,10,14-15,18,21H,2,6-7,9,11-13,16-17H2,(H,27,30). The molecule has 2 fully saturated rings. The number of aromatic nitrogens is 3. The molecule has 1 saturated heterocycles. The lowest BCUT2D eigenvalue weighted by Gasteiger charge is -2.32. The molecule has 1 unspecified atom stereocenters. The number of rotatable bonds is 7. The van der Waals surface area contributed by atoms with Crippen molar-refractivity contribution in [3.8, 4) is 0 Å². The minimum atomic E-state index is 0.222. The van der Waals surface area contributed by atoms with E-state index >= 15 is 0 Å². The fourth-order valence-electron chi connectivity index (χ4n) is 4.92. The van der Waals surface area contributed by atoms with Crippen molar-refractivity contribution >= 4 is 16.8 Å². The van der Waals surface area contributed by atoms with Crippen LogP contribution in [0.1, 0.15) is 31.2 Å². The summed E-state index contributed by atoms with van der Waals surface area (Å²) in [5.74, 6) is 0.482. The molecule has 3 aromatic rings. The largest absolute Gasteiger partial charge is 0.356 e. The second-order valence-electron chi connectivity index (χ2n) is 8.87. The van der Waals surface area contributed by atoms with Crippen molar-refractivity contribution in [1.82, 2.24) is 24.8 Å². The van der Waals surface area contributed by atoms with Crippen LogP contribution in [0.2, 0.25) is 0 Å². The molecular formula is C24H29N5O. The first-order valence-corrected chi connectivity index (χ1v) is 11.0. The number of piperidine rings is 1. The predicted molar refractivity (Wildman–Crippen MR) is 117 cm³/mol. The van der Waals surface area contributed by atoms with Crippen LogP contribution in [0.15, 0.2) is 55.2 Å². The monoisotopic (exact) mass is 403 g/mol. The zero-order valence-corrected chi connectivity index (χ0v) is 17.3. The minimum absolute atomic E-state index is 0.222. The molecular weight excluding hydrogens is 374 g/mol. The van der Waals surface area contributed by atoms with Crippen LogP contribution < -0.4 is 5.32 Å². The number of amides is 1. The molecule has 0 radical (unpaired) electrons. The van der Waals surface area contributed by atoms with Crippen LogP contribution in [0.4, 0.5) is 0 Å². The van der Waals surface area contributed by atoms with Crippen molar-refractivity contribution in [2.75, 3.05) is 19.6 Å². The number of carbonyl (C=O) groups is 1. The third-order valence-corrected chi connectivity index (χ3v) is 6.88. The lowest BCUT2D eigenvalue weighted by atomic mass is 9.90.